The fourth-order valence-corrected chi connectivity index (χ4v) is 2.42. The number of ether oxygens (including phenoxy) is 1. The zero-order valence-corrected chi connectivity index (χ0v) is 15.1. The van der Waals surface area contributed by atoms with Gasteiger partial charge in [-0.3, -0.25) is 9.59 Å². The Kier molecular flexibility index (Phi) is 6.72. The van der Waals surface area contributed by atoms with Gasteiger partial charge in [-0.15, -0.1) is 0 Å². The van der Waals surface area contributed by atoms with Crippen molar-refractivity contribution in [3.8, 4) is 5.75 Å². The lowest BCUT2D eigenvalue weighted by atomic mass is 10.0. The van der Waals surface area contributed by atoms with Crippen molar-refractivity contribution in [3.05, 3.63) is 59.9 Å². The molecule has 2 rings (SSSR count). The van der Waals surface area contributed by atoms with Gasteiger partial charge in [0.25, 0.3) is 5.91 Å². The topological polar surface area (TPSA) is 67.4 Å². The van der Waals surface area contributed by atoms with Gasteiger partial charge in [-0.1, -0.05) is 26.0 Å². The second kappa shape index (κ2) is 8.99. The number of anilines is 1. The molecule has 2 aromatic rings. The van der Waals surface area contributed by atoms with Crippen LogP contribution in [0.1, 0.15) is 31.1 Å². The highest BCUT2D eigenvalue weighted by atomic mass is 19.1. The Bertz CT molecular complexity index is 760. The summed E-state index contributed by atoms with van der Waals surface area (Å²) in [6.45, 7) is 6.01. The first kappa shape index (κ1) is 19.4. The van der Waals surface area contributed by atoms with E-state index < -0.39 is 17.8 Å². The van der Waals surface area contributed by atoms with E-state index in [1.165, 1.54) is 24.3 Å². The van der Waals surface area contributed by atoms with E-state index in [9.17, 15) is 14.0 Å². The summed E-state index contributed by atoms with van der Waals surface area (Å²) in [4.78, 5) is 25.0. The minimum Gasteiger partial charge on any atom is -0.492 e. The van der Waals surface area contributed by atoms with Gasteiger partial charge in [0.1, 0.15) is 17.6 Å². The summed E-state index contributed by atoms with van der Waals surface area (Å²) in [5, 5.41) is 5.51. The third-order valence-electron chi connectivity index (χ3n) is 3.79. The molecule has 6 heteroatoms. The standard InChI is InChI=1S/C20H23FN2O3/c1-4-26-17-8-6-5-7-16(17)22-20(25)18(13(2)3)23-19(24)14-9-11-15(21)12-10-14/h5-13,18H,4H2,1-3H3,(H,22,25)(H,23,24)/t18-/m1/s1. The number of carbonyl (C=O) groups excluding carboxylic acids is 2. The normalized spacial score (nSPS) is 11.7. The van der Waals surface area contributed by atoms with Crippen molar-refractivity contribution in [3.63, 3.8) is 0 Å². The van der Waals surface area contributed by atoms with Crippen molar-refractivity contribution in [2.45, 2.75) is 26.8 Å². The third-order valence-corrected chi connectivity index (χ3v) is 3.79. The Morgan fingerprint density at radius 3 is 2.35 bits per heavy atom. The van der Waals surface area contributed by atoms with Crippen LogP contribution >= 0.6 is 0 Å². The molecule has 0 aliphatic heterocycles. The number of hydrogen-bond acceptors (Lipinski definition) is 3. The summed E-state index contributed by atoms with van der Waals surface area (Å²) in [5.41, 5.74) is 0.834. The molecule has 0 heterocycles. The molecule has 0 fully saturated rings. The van der Waals surface area contributed by atoms with Crippen LogP contribution in [0.4, 0.5) is 10.1 Å². The van der Waals surface area contributed by atoms with Crippen molar-refractivity contribution < 1.29 is 18.7 Å². The number of carbonyl (C=O) groups is 2. The van der Waals surface area contributed by atoms with Crippen molar-refractivity contribution in [1.29, 1.82) is 0 Å². The Balaban J connectivity index is 2.12. The van der Waals surface area contributed by atoms with Gasteiger partial charge in [-0.05, 0) is 49.2 Å². The average molecular weight is 358 g/mol. The van der Waals surface area contributed by atoms with E-state index in [1.807, 2.05) is 26.8 Å². The number of halogens is 1. The zero-order chi connectivity index (χ0) is 19.1. The lowest BCUT2D eigenvalue weighted by Crippen LogP contribution is -2.47. The van der Waals surface area contributed by atoms with Crippen molar-refractivity contribution in [1.82, 2.24) is 5.32 Å². The zero-order valence-electron chi connectivity index (χ0n) is 15.1. The maximum Gasteiger partial charge on any atom is 0.251 e. The van der Waals surface area contributed by atoms with Crippen LogP contribution in [-0.4, -0.2) is 24.5 Å². The molecule has 0 saturated carbocycles. The van der Waals surface area contributed by atoms with Crippen LogP contribution in [0.2, 0.25) is 0 Å². The quantitative estimate of drug-likeness (QED) is 0.794. The van der Waals surface area contributed by atoms with Crippen LogP contribution in [0.5, 0.6) is 5.75 Å². The van der Waals surface area contributed by atoms with Gasteiger partial charge in [-0.25, -0.2) is 4.39 Å². The van der Waals surface area contributed by atoms with E-state index >= 15 is 0 Å². The molecule has 0 bridgehead atoms. The number of rotatable bonds is 7. The number of amides is 2. The first-order valence-electron chi connectivity index (χ1n) is 8.51. The summed E-state index contributed by atoms with van der Waals surface area (Å²) in [6.07, 6.45) is 0. The fraction of sp³-hybridized carbons (Fsp3) is 0.300. The molecule has 0 spiro atoms. The molecule has 2 aromatic carbocycles. The molecule has 0 saturated heterocycles. The predicted molar refractivity (Wildman–Crippen MR) is 98.7 cm³/mol. The average Bonchev–Trinajstić information content (AvgIpc) is 2.61. The SMILES string of the molecule is CCOc1ccccc1NC(=O)[C@H](NC(=O)c1ccc(F)cc1)C(C)C. The van der Waals surface area contributed by atoms with Gasteiger partial charge < -0.3 is 15.4 Å². The summed E-state index contributed by atoms with van der Waals surface area (Å²) in [7, 11) is 0. The highest BCUT2D eigenvalue weighted by Gasteiger charge is 2.25. The minimum atomic E-state index is -0.748. The van der Waals surface area contributed by atoms with Gasteiger partial charge >= 0.3 is 0 Å². The van der Waals surface area contributed by atoms with Crippen LogP contribution in [0.15, 0.2) is 48.5 Å². The van der Waals surface area contributed by atoms with Crippen molar-refractivity contribution >= 4 is 17.5 Å². The Morgan fingerprint density at radius 2 is 1.73 bits per heavy atom. The van der Waals surface area contributed by atoms with E-state index in [0.717, 1.165) is 0 Å². The van der Waals surface area contributed by atoms with Gasteiger partial charge in [0, 0.05) is 5.56 Å². The van der Waals surface area contributed by atoms with Crippen LogP contribution < -0.4 is 15.4 Å². The number of benzene rings is 2. The summed E-state index contributed by atoms with van der Waals surface area (Å²) >= 11 is 0. The number of para-hydroxylation sites is 2. The highest BCUT2D eigenvalue weighted by molar-refractivity contribution is 6.01. The molecule has 0 unspecified atom stereocenters. The van der Waals surface area contributed by atoms with E-state index in [-0.39, 0.29) is 11.8 Å². The van der Waals surface area contributed by atoms with Crippen LogP contribution in [0.25, 0.3) is 0 Å². The lowest BCUT2D eigenvalue weighted by molar-refractivity contribution is -0.118. The van der Waals surface area contributed by atoms with Gasteiger partial charge in [0.15, 0.2) is 0 Å². The first-order chi connectivity index (χ1) is 12.4. The number of hydrogen-bond donors (Lipinski definition) is 2. The van der Waals surface area contributed by atoms with Gasteiger partial charge in [0.05, 0.1) is 12.3 Å². The molecule has 0 radical (unpaired) electrons. The highest BCUT2D eigenvalue weighted by Crippen LogP contribution is 2.24. The van der Waals surface area contributed by atoms with Crippen LogP contribution in [0.3, 0.4) is 0 Å². The smallest absolute Gasteiger partial charge is 0.251 e. The van der Waals surface area contributed by atoms with Crippen molar-refractivity contribution in [2.24, 2.45) is 5.92 Å². The molecule has 2 N–H and O–H groups in total. The molecule has 1 atom stereocenters. The fourth-order valence-electron chi connectivity index (χ4n) is 2.42. The van der Waals surface area contributed by atoms with E-state index in [4.69, 9.17) is 4.74 Å². The lowest BCUT2D eigenvalue weighted by Gasteiger charge is -2.22. The van der Waals surface area contributed by atoms with E-state index in [0.29, 0.717) is 23.6 Å². The Labute approximate surface area is 152 Å². The van der Waals surface area contributed by atoms with Gasteiger partial charge in [0.2, 0.25) is 5.91 Å². The molecule has 26 heavy (non-hydrogen) atoms. The van der Waals surface area contributed by atoms with Crippen molar-refractivity contribution in [2.75, 3.05) is 11.9 Å². The molecule has 2 amide bonds. The predicted octanol–water partition coefficient (Wildman–Crippen LogP) is 3.62. The maximum absolute atomic E-state index is 13.0. The number of nitrogens with one attached hydrogen (secondary N) is 2. The van der Waals surface area contributed by atoms with E-state index in [2.05, 4.69) is 10.6 Å². The maximum atomic E-state index is 13.0. The molecule has 0 aromatic heterocycles. The summed E-state index contributed by atoms with van der Waals surface area (Å²) in [5.74, 6) is -0.777. The molecule has 0 aliphatic carbocycles. The molecule has 138 valence electrons. The monoisotopic (exact) mass is 358 g/mol. The third kappa shape index (κ3) is 5.05. The largest absolute Gasteiger partial charge is 0.492 e. The second-order valence-electron chi connectivity index (χ2n) is 6.12. The Morgan fingerprint density at radius 1 is 1.08 bits per heavy atom. The van der Waals surface area contributed by atoms with E-state index in [1.54, 1.807) is 18.2 Å². The molecular weight excluding hydrogens is 335 g/mol. The summed E-state index contributed by atoms with van der Waals surface area (Å²) < 4.78 is 18.5. The molecule has 5 nitrogen and oxygen atoms in total. The first-order valence-corrected chi connectivity index (χ1v) is 8.51. The molecular formula is C20H23FN2O3. The minimum absolute atomic E-state index is 0.140. The second-order valence-corrected chi connectivity index (χ2v) is 6.12. The molecule has 0 aliphatic rings. The van der Waals surface area contributed by atoms with Crippen LogP contribution in [0, 0.1) is 11.7 Å². The van der Waals surface area contributed by atoms with Gasteiger partial charge in [-0.2, -0.15) is 0 Å². The van der Waals surface area contributed by atoms with Crippen LogP contribution in [-0.2, 0) is 4.79 Å². The Hall–Kier alpha value is -2.89. The summed E-state index contributed by atoms with van der Waals surface area (Å²) in [6, 6.07) is 11.5.